The molecule has 0 radical (unpaired) electrons. The van der Waals surface area contributed by atoms with Crippen LogP contribution in [-0.2, 0) is 19.4 Å². The third-order valence-electron chi connectivity index (χ3n) is 4.54. The van der Waals surface area contributed by atoms with Gasteiger partial charge in [-0.25, -0.2) is 8.42 Å². The molecule has 0 aromatic heterocycles. The summed E-state index contributed by atoms with van der Waals surface area (Å²) in [6.07, 6.45) is 4.19. The van der Waals surface area contributed by atoms with Crippen LogP contribution in [0.3, 0.4) is 0 Å². The zero-order valence-electron chi connectivity index (χ0n) is 12.9. The maximum Gasteiger partial charge on any atom is 0.246 e. The molecule has 2 aliphatic rings. The fourth-order valence-electron chi connectivity index (χ4n) is 3.33. The summed E-state index contributed by atoms with van der Waals surface area (Å²) < 4.78 is 22.9. The first kappa shape index (κ1) is 16.3. The van der Waals surface area contributed by atoms with Crippen LogP contribution in [-0.4, -0.2) is 55.3 Å². The number of amides is 2. The van der Waals surface area contributed by atoms with Crippen LogP contribution in [0.5, 0.6) is 0 Å². The molecule has 120 valence electrons. The zero-order chi connectivity index (χ0) is 15.8. The third-order valence-corrected chi connectivity index (χ3v) is 5.47. The quantitative estimate of drug-likeness (QED) is 0.810. The molecule has 6 nitrogen and oxygen atoms in total. The minimum Gasteiger partial charge on any atom is -0.342 e. The van der Waals surface area contributed by atoms with Crippen LogP contribution in [0.2, 0.25) is 0 Å². The van der Waals surface area contributed by atoms with E-state index in [1.807, 2.05) is 13.8 Å². The number of rotatable bonds is 4. The average molecular weight is 316 g/mol. The van der Waals surface area contributed by atoms with Crippen LogP contribution in [0.25, 0.3) is 0 Å². The predicted octanol–water partition coefficient (Wildman–Crippen LogP) is 0.327. The second kappa shape index (κ2) is 5.59. The number of carbonyl (C=O) groups excluding carboxylic acids is 2. The molecule has 7 heteroatoms. The Bertz CT molecular complexity index is 535. The monoisotopic (exact) mass is 316 g/mol. The van der Waals surface area contributed by atoms with Crippen molar-refractivity contribution < 1.29 is 18.0 Å². The maximum absolute atomic E-state index is 12.7. The van der Waals surface area contributed by atoms with Crippen LogP contribution in [0, 0.1) is 5.92 Å². The Kier molecular flexibility index (Phi) is 4.33. The summed E-state index contributed by atoms with van der Waals surface area (Å²) >= 11 is 0. The molecular formula is C14H24N2O4S. The zero-order valence-corrected chi connectivity index (χ0v) is 13.7. The highest BCUT2D eigenvalue weighted by Crippen LogP contribution is 2.38. The van der Waals surface area contributed by atoms with E-state index < -0.39 is 21.4 Å². The molecule has 1 heterocycles. The van der Waals surface area contributed by atoms with Crippen molar-refractivity contribution in [3.05, 3.63) is 0 Å². The van der Waals surface area contributed by atoms with Crippen LogP contribution in [0.4, 0.5) is 0 Å². The Hall–Kier alpha value is -1.11. The summed E-state index contributed by atoms with van der Waals surface area (Å²) in [6, 6.07) is -0.553. The number of piperazine rings is 1. The molecule has 1 saturated heterocycles. The van der Waals surface area contributed by atoms with Crippen molar-refractivity contribution in [3.63, 3.8) is 0 Å². The van der Waals surface area contributed by atoms with Gasteiger partial charge in [-0.05, 0) is 18.8 Å². The highest BCUT2D eigenvalue weighted by molar-refractivity contribution is 7.90. The molecule has 1 N–H and O–H groups in total. The second-order valence-corrected chi connectivity index (χ2v) is 8.81. The number of carbonyl (C=O) groups is 2. The van der Waals surface area contributed by atoms with Gasteiger partial charge in [0, 0.05) is 12.8 Å². The first-order valence-corrected chi connectivity index (χ1v) is 9.53. The molecule has 1 aliphatic carbocycles. The summed E-state index contributed by atoms with van der Waals surface area (Å²) in [6.45, 7) is 3.86. The normalized spacial score (nSPS) is 25.7. The Morgan fingerprint density at radius 3 is 2.33 bits per heavy atom. The summed E-state index contributed by atoms with van der Waals surface area (Å²) in [5.74, 6) is -0.374. The molecule has 1 aliphatic heterocycles. The van der Waals surface area contributed by atoms with E-state index in [0.29, 0.717) is 12.8 Å². The number of nitrogens with zero attached hydrogens (tertiary/aromatic N) is 1. The van der Waals surface area contributed by atoms with Crippen LogP contribution < -0.4 is 5.32 Å². The summed E-state index contributed by atoms with van der Waals surface area (Å²) in [5.41, 5.74) is -0.826. The highest BCUT2D eigenvalue weighted by Gasteiger charge is 2.54. The van der Waals surface area contributed by atoms with Crippen molar-refractivity contribution in [2.75, 3.05) is 18.6 Å². The van der Waals surface area contributed by atoms with Crippen LogP contribution in [0.15, 0.2) is 0 Å². The van der Waals surface area contributed by atoms with Gasteiger partial charge >= 0.3 is 0 Å². The van der Waals surface area contributed by atoms with Gasteiger partial charge in [-0.15, -0.1) is 0 Å². The van der Waals surface area contributed by atoms with E-state index in [1.54, 1.807) is 4.90 Å². The molecule has 0 aromatic rings. The van der Waals surface area contributed by atoms with Gasteiger partial charge in [0.05, 0.1) is 5.75 Å². The van der Waals surface area contributed by atoms with Crippen molar-refractivity contribution in [3.8, 4) is 0 Å². The van der Waals surface area contributed by atoms with Gasteiger partial charge in [-0.3, -0.25) is 9.59 Å². The predicted molar refractivity (Wildman–Crippen MR) is 79.4 cm³/mol. The van der Waals surface area contributed by atoms with E-state index >= 15 is 0 Å². The van der Waals surface area contributed by atoms with Crippen molar-refractivity contribution in [2.24, 2.45) is 5.92 Å². The van der Waals surface area contributed by atoms with Gasteiger partial charge < -0.3 is 10.2 Å². The lowest BCUT2D eigenvalue weighted by molar-refractivity contribution is -0.158. The topological polar surface area (TPSA) is 83.6 Å². The average Bonchev–Trinajstić information content (AvgIpc) is 2.82. The van der Waals surface area contributed by atoms with Gasteiger partial charge in [0.1, 0.15) is 21.4 Å². The van der Waals surface area contributed by atoms with Gasteiger partial charge in [0.2, 0.25) is 11.8 Å². The van der Waals surface area contributed by atoms with Gasteiger partial charge in [0.15, 0.2) is 0 Å². The smallest absolute Gasteiger partial charge is 0.246 e. The van der Waals surface area contributed by atoms with Gasteiger partial charge in [-0.2, -0.15) is 0 Å². The maximum atomic E-state index is 12.7. The molecule has 2 fully saturated rings. The molecule has 1 saturated carbocycles. The molecule has 2 amide bonds. The number of nitrogens with one attached hydrogen (secondary N) is 1. The SMILES string of the molecule is CC(C)C1NC(=O)C2(CCCC2)N(CCS(C)(=O)=O)C1=O. The van der Waals surface area contributed by atoms with Crippen LogP contribution in [0.1, 0.15) is 39.5 Å². The molecule has 1 spiro atoms. The highest BCUT2D eigenvalue weighted by atomic mass is 32.2. The lowest BCUT2D eigenvalue weighted by Crippen LogP contribution is -2.71. The van der Waals surface area contributed by atoms with Gasteiger partial charge in [0.25, 0.3) is 0 Å². The third kappa shape index (κ3) is 3.07. The van der Waals surface area contributed by atoms with E-state index in [4.69, 9.17) is 0 Å². The van der Waals surface area contributed by atoms with E-state index in [9.17, 15) is 18.0 Å². The summed E-state index contributed by atoms with van der Waals surface area (Å²) in [4.78, 5) is 26.8. The molecule has 1 unspecified atom stereocenters. The molecular weight excluding hydrogens is 292 g/mol. The Labute approximate surface area is 126 Å². The number of hydrogen-bond acceptors (Lipinski definition) is 4. The number of hydrogen-bond donors (Lipinski definition) is 1. The second-order valence-electron chi connectivity index (χ2n) is 6.55. The molecule has 21 heavy (non-hydrogen) atoms. The largest absolute Gasteiger partial charge is 0.342 e. The Balaban J connectivity index is 2.31. The van der Waals surface area contributed by atoms with Crippen molar-refractivity contribution in [1.82, 2.24) is 10.2 Å². The van der Waals surface area contributed by atoms with Crippen LogP contribution >= 0.6 is 0 Å². The Morgan fingerprint density at radius 2 is 1.86 bits per heavy atom. The fourth-order valence-corrected chi connectivity index (χ4v) is 3.84. The minimum atomic E-state index is -3.17. The number of sulfone groups is 1. The minimum absolute atomic E-state index is 0.0130. The van der Waals surface area contributed by atoms with E-state index in [-0.39, 0.29) is 30.0 Å². The van der Waals surface area contributed by atoms with Crippen molar-refractivity contribution >= 4 is 21.7 Å². The first-order chi connectivity index (χ1) is 9.67. The standard InChI is InChI=1S/C14H24N2O4S/c1-10(2)11-12(17)16(8-9-21(3,19)20)14(13(18)15-11)6-4-5-7-14/h10-11H,4-9H2,1-3H3,(H,15,18). The van der Waals surface area contributed by atoms with Crippen molar-refractivity contribution in [2.45, 2.75) is 51.1 Å². The van der Waals surface area contributed by atoms with Gasteiger partial charge in [-0.1, -0.05) is 26.7 Å². The first-order valence-electron chi connectivity index (χ1n) is 7.47. The molecule has 2 rings (SSSR count). The molecule has 0 bridgehead atoms. The Morgan fingerprint density at radius 1 is 1.29 bits per heavy atom. The van der Waals surface area contributed by atoms with E-state index in [2.05, 4.69) is 5.32 Å². The summed E-state index contributed by atoms with van der Waals surface area (Å²) in [7, 11) is -3.17. The van der Waals surface area contributed by atoms with E-state index in [0.717, 1.165) is 19.1 Å². The molecule has 0 aromatic carbocycles. The fraction of sp³-hybridized carbons (Fsp3) is 0.857. The lowest BCUT2D eigenvalue weighted by atomic mass is 9.87. The molecule has 1 atom stereocenters. The lowest BCUT2D eigenvalue weighted by Gasteiger charge is -2.47. The summed E-state index contributed by atoms with van der Waals surface area (Å²) in [5, 5.41) is 2.85. The van der Waals surface area contributed by atoms with E-state index in [1.165, 1.54) is 0 Å². The van der Waals surface area contributed by atoms with Crippen molar-refractivity contribution in [1.29, 1.82) is 0 Å².